The average Bonchev–Trinajstić information content (AvgIpc) is 2.22. The zero-order valence-electron chi connectivity index (χ0n) is 9.17. The van der Waals surface area contributed by atoms with E-state index in [1.165, 1.54) is 5.56 Å². The minimum Gasteiger partial charge on any atom is -0.330 e. The lowest BCUT2D eigenvalue weighted by atomic mass is 10.1. The van der Waals surface area contributed by atoms with Crippen LogP contribution in [0.3, 0.4) is 0 Å². The molecule has 0 radical (unpaired) electrons. The Labute approximate surface area is 96.8 Å². The highest BCUT2D eigenvalue weighted by Crippen LogP contribution is 2.16. The summed E-state index contributed by atoms with van der Waals surface area (Å²) in [7, 11) is 0. The lowest BCUT2D eigenvalue weighted by Gasteiger charge is -2.14. The van der Waals surface area contributed by atoms with Crippen LogP contribution in [-0.4, -0.2) is 19.1 Å². The molecule has 1 aromatic carbocycles. The highest BCUT2D eigenvalue weighted by atomic mass is 35.5. The van der Waals surface area contributed by atoms with E-state index in [9.17, 15) is 0 Å². The van der Waals surface area contributed by atoms with E-state index in [2.05, 4.69) is 18.3 Å². The van der Waals surface area contributed by atoms with E-state index in [4.69, 9.17) is 17.3 Å². The summed E-state index contributed by atoms with van der Waals surface area (Å²) in [5.41, 5.74) is 6.63. The summed E-state index contributed by atoms with van der Waals surface area (Å²) in [5, 5.41) is 4.27. The maximum Gasteiger partial charge on any atom is 0.0438 e. The SMILES string of the molecule is CC(Cc1ccccc1Cl)NCCCN. The van der Waals surface area contributed by atoms with Gasteiger partial charge in [-0.05, 0) is 44.5 Å². The first-order valence-corrected chi connectivity index (χ1v) is 5.78. The zero-order valence-corrected chi connectivity index (χ0v) is 9.93. The van der Waals surface area contributed by atoms with Crippen LogP contribution in [0.4, 0.5) is 0 Å². The number of halogens is 1. The Kier molecular flexibility index (Phi) is 5.69. The van der Waals surface area contributed by atoms with Gasteiger partial charge in [0.05, 0.1) is 0 Å². The van der Waals surface area contributed by atoms with Crippen molar-refractivity contribution in [3.63, 3.8) is 0 Å². The number of rotatable bonds is 6. The molecule has 0 bridgehead atoms. The van der Waals surface area contributed by atoms with E-state index >= 15 is 0 Å². The van der Waals surface area contributed by atoms with Crippen LogP contribution in [0.5, 0.6) is 0 Å². The van der Waals surface area contributed by atoms with Gasteiger partial charge in [-0.15, -0.1) is 0 Å². The Balaban J connectivity index is 2.37. The summed E-state index contributed by atoms with van der Waals surface area (Å²) in [6.07, 6.45) is 1.98. The van der Waals surface area contributed by atoms with Crippen LogP contribution >= 0.6 is 11.6 Å². The van der Waals surface area contributed by atoms with Gasteiger partial charge in [-0.25, -0.2) is 0 Å². The minimum absolute atomic E-state index is 0.441. The van der Waals surface area contributed by atoms with E-state index in [0.717, 1.165) is 31.0 Å². The molecule has 0 fully saturated rings. The smallest absolute Gasteiger partial charge is 0.0438 e. The second-order valence-corrected chi connectivity index (χ2v) is 4.20. The zero-order chi connectivity index (χ0) is 11.1. The van der Waals surface area contributed by atoms with Crippen molar-refractivity contribution in [2.45, 2.75) is 25.8 Å². The topological polar surface area (TPSA) is 38.0 Å². The van der Waals surface area contributed by atoms with Gasteiger partial charge in [-0.2, -0.15) is 0 Å². The van der Waals surface area contributed by atoms with Gasteiger partial charge < -0.3 is 11.1 Å². The molecular formula is C12H19ClN2. The van der Waals surface area contributed by atoms with Crippen molar-refractivity contribution >= 4 is 11.6 Å². The second-order valence-electron chi connectivity index (χ2n) is 3.79. The molecule has 0 aromatic heterocycles. The quantitative estimate of drug-likeness (QED) is 0.730. The van der Waals surface area contributed by atoms with Crippen LogP contribution in [0.2, 0.25) is 5.02 Å². The van der Waals surface area contributed by atoms with E-state index in [-0.39, 0.29) is 0 Å². The maximum atomic E-state index is 6.08. The van der Waals surface area contributed by atoms with Gasteiger partial charge in [-0.1, -0.05) is 29.8 Å². The molecule has 1 aromatic rings. The van der Waals surface area contributed by atoms with Crippen molar-refractivity contribution in [2.75, 3.05) is 13.1 Å². The first-order valence-electron chi connectivity index (χ1n) is 5.41. The van der Waals surface area contributed by atoms with Gasteiger partial charge in [-0.3, -0.25) is 0 Å². The van der Waals surface area contributed by atoms with Crippen molar-refractivity contribution in [2.24, 2.45) is 5.73 Å². The van der Waals surface area contributed by atoms with Crippen molar-refractivity contribution in [1.82, 2.24) is 5.32 Å². The molecule has 0 aliphatic heterocycles. The molecule has 0 spiro atoms. The molecule has 1 rings (SSSR count). The molecule has 2 nitrogen and oxygen atoms in total. The fourth-order valence-corrected chi connectivity index (χ4v) is 1.73. The maximum absolute atomic E-state index is 6.08. The molecule has 15 heavy (non-hydrogen) atoms. The molecule has 84 valence electrons. The Morgan fingerprint density at radius 3 is 2.80 bits per heavy atom. The third-order valence-electron chi connectivity index (χ3n) is 2.36. The molecule has 0 aliphatic carbocycles. The van der Waals surface area contributed by atoms with Gasteiger partial charge in [0.25, 0.3) is 0 Å². The molecule has 0 heterocycles. The van der Waals surface area contributed by atoms with Gasteiger partial charge in [0.15, 0.2) is 0 Å². The molecule has 1 unspecified atom stereocenters. The number of nitrogens with one attached hydrogen (secondary N) is 1. The summed E-state index contributed by atoms with van der Waals surface area (Å²) in [5.74, 6) is 0. The minimum atomic E-state index is 0.441. The van der Waals surface area contributed by atoms with Crippen molar-refractivity contribution in [3.8, 4) is 0 Å². The highest BCUT2D eigenvalue weighted by molar-refractivity contribution is 6.31. The second kappa shape index (κ2) is 6.83. The van der Waals surface area contributed by atoms with E-state index in [1.54, 1.807) is 0 Å². The van der Waals surface area contributed by atoms with Gasteiger partial charge >= 0.3 is 0 Å². The Morgan fingerprint density at radius 2 is 2.13 bits per heavy atom. The normalized spacial score (nSPS) is 12.7. The summed E-state index contributed by atoms with van der Waals surface area (Å²) >= 11 is 6.08. The highest BCUT2D eigenvalue weighted by Gasteiger charge is 2.04. The summed E-state index contributed by atoms with van der Waals surface area (Å²) in [6.45, 7) is 3.88. The fourth-order valence-electron chi connectivity index (χ4n) is 1.52. The van der Waals surface area contributed by atoms with Crippen LogP contribution < -0.4 is 11.1 Å². The lowest BCUT2D eigenvalue weighted by Crippen LogP contribution is -2.30. The standard InChI is InChI=1S/C12H19ClN2/c1-10(15-8-4-7-14)9-11-5-2-3-6-12(11)13/h2-3,5-6,10,15H,4,7-9,14H2,1H3. The third kappa shape index (κ3) is 4.65. The first-order chi connectivity index (χ1) is 7.24. The third-order valence-corrected chi connectivity index (χ3v) is 2.73. The van der Waals surface area contributed by atoms with E-state index < -0.39 is 0 Å². The molecule has 0 aliphatic rings. The number of hydrogen-bond donors (Lipinski definition) is 2. The molecule has 3 N–H and O–H groups in total. The van der Waals surface area contributed by atoms with Crippen molar-refractivity contribution < 1.29 is 0 Å². The Bertz CT molecular complexity index is 289. The van der Waals surface area contributed by atoms with Crippen molar-refractivity contribution in [1.29, 1.82) is 0 Å². The van der Waals surface area contributed by atoms with Crippen LogP contribution in [0.1, 0.15) is 18.9 Å². The molecular weight excluding hydrogens is 208 g/mol. The summed E-state index contributed by atoms with van der Waals surface area (Å²) in [6, 6.07) is 8.43. The fraction of sp³-hybridized carbons (Fsp3) is 0.500. The Morgan fingerprint density at radius 1 is 1.40 bits per heavy atom. The van der Waals surface area contributed by atoms with Crippen molar-refractivity contribution in [3.05, 3.63) is 34.9 Å². The summed E-state index contributed by atoms with van der Waals surface area (Å²) in [4.78, 5) is 0. The first kappa shape index (κ1) is 12.5. The largest absolute Gasteiger partial charge is 0.330 e. The Hall–Kier alpha value is -0.570. The predicted octanol–water partition coefficient (Wildman–Crippen LogP) is 2.21. The number of hydrogen-bond acceptors (Lipinski definition) is 2. The van der Waals surface area contributed by atoms with Crippen LogP contribution in [0.25, 0.3) is 0 Å². The van der Waals surface area contributed by atoms with Gasteiger partial charge in [0.1, 0.15) is 0 Å². The molecule has 3 heteroatoms. The molecule has 0 saturated carbocycles. The summed E-state index contributed by atoms with van der Waals surface area (Å²) < 4.78 is 0. The monoisotopic (exact) mass is 226 g/mol. The van der Waals surface area contributed by atoms with E-state index in [1.807, 2.05) is 18.2 Å². The number of benzene rings is 1. The van der Waals surface area contributed by atoms with Crippen LogP contribution in [-0.2, 0) is 6.42 Å². The predicted molar refractivity (Wildman–Crippen MR) is 66.3 cm³/mol. The van der Waals surface area contributed by atoms with Gasteiger partial charge in [0.2, 0.25) is 0 Å². The molecule has 0 saturated heterocycles. The average molecular weight is 227 g/mol. The molecule has 0 amide bonds. The van der Waals surface area contributed by atoms with Crippen LogP contribution in [0, 0.1) is 0 Å². The number of nitrogens with two attached hydrogens (primary N) is 1. The molecule has 1 atom stereocenters. The van der Waals surface area contributed by atoms with Crippen LogP contribution in [0.15, 0.2) is 24.3 Å². The lowest BCUT2D eigenvalue weighted by molar-refractivity contribution is 0.537. The van der Waals surface area contributed by atoms with E-state index in [0.29, 0.717) is 6.04 Å². The van der Waals surface area contributed by atoms with Gasteiger partial charge in [0, 0.05) is 11.1 Å².